The molecule has 1 amide bonds. The van der Waals surface area contributed by atoms with Crippen LogP contribution >= 0.6 is 0 Å². The number of carbonyl (C=O) groups is 1. The monoisotopic (exact) mass is 415 g/mol. The number of nitrogens with zero attached hydrogens (tertiary/aromatic N) is 4. The largest absolute Gasteiger partial charge is 0.391 e. The second-order valence-corrected chi connectivity index (χ2v) is 8.24. The number of hydrogen-bond acceptors (Lipinski definition) is 7. The van der Waals surface area contributed by atoms with Crippen molar-refractivity contribution in [3.8, 4) is 0 Å². The molecule has 2 N–H and O–H groups in total. The van der Waals surface area contributed by atoms with Crippen LogP contribution < -0.4 is 15.8 Å². The number of carbonyl (C=O) groups excluding carboxylic acids is 1. The van der Waals surface area contributed by atoms with E-state index in [0.717, 1.165) is 45.1 Å². The summed E-state index contributed by atoms with van der Waals surface area (Å²) in [7, 11) is 0. The van der Waals surface area contributed by atoms with Gasteiger partial charge < -0.3 is 19.8 Å². The van der Waals surface area contributed by atoms with E-state index in [1.54, 1.807) is 13.0 Å². The molecule has 2 aromatic rings. The Hall–Kier alpha value is -2.68. The highest BCUT2D eigenvalue weighted by Gasteiger charge is 2.29. The van der Waals surface area contributed by atoms with Crippen LogP contribution in [0, 0.1) is 6.92 Å². The highest BCUT2D eigenvalue weighted by atomic mass is 16.5. The molecule has 2 aliphatic rings. The summed E-state index contributed by atoms with van der Waals surface area (Å²) >= 11 is 0. The third kappa shape index (κ3) is 4.26. The maximum Gasteiger partial charge on any atom is 0.267 e. The van der Waals surface area contributed by atoms with Gasteiger partial charge in [0.25, 0.3) is 11.5 Å². The van der Waals surface area contributed by atoms with Crippen LogP contribution in [0.1, 0.15) is 67.1 Å². The van der Waals surface area contributed by atoms with Crippen molar-refractivity contribution in [2.24, 2.45) is 0 Å². The van der Waals surface area contributed by atoms with Crippen molar-refractivity contribution in [1.82, 2.24) is 20.3 Å². The Labute approximate surface area is 175 Å². The molecule has 0 radical (unpaired) electrons. The quantitative estimate of drug-likeness (QED) is 0.765. The van der Waals surface area contributed by atoms with E-state index in [9.17, 15) is 14.7 Å². The van der Waals surface area contributed by atoms with E-state index >= 15 is 0 Å². The normalized spacial score (nSPS) is 24.6. The van der Waals surface area contributed by atoms with Gasteiger partial charge in [0.05, 0.1) is 18.3 Å². The highest BCUT2D eigenvalue weighted by molar-refractivity contribution is 5.94. The van der Waals surface area contributed by atoms with Crippen molar-refractivity contribution in [2.45, 2.75) is 70.1 Å². The number of anilines is 1. The van der Waals surface area contributed by atoms with Gasteiger partial charge in [-0.3, -0.25) is 9.59 Å². The van der Waals surface area contributed by atoms with Crippen LogP contribution in [-0.4, -0.2) is 51.2 Å². The molecule has 3 heterocycles. The van der Waals surface area contributed by atoms with Crippen LogP contribution in [0.15, 0.2) is 27.6 Å². The minimum atomic E-state index is -0.539. The minimum Gasteiger partial charge on any atom is -0.391 e. The maximum absolute atomic E-state index is 12.5. The summed E-state index contributed by atoms with van der Waals surface area (Å²) in [6.07, 6.45) is 7.34. The minimum absolute atomic E-state index is 0.0811. The number of aromatic nitrogens is 3. The Morgan fingerprint density at radius 2 is 2.03 bits per heavy atom. The molecule has 30 heavy (non-hydrogen) atoms. The fraction of sp³-hybridized carbons (Fsp3) is 0.619. The molecule has 1 aliphatic heterocycles. The average Bonchev–Trinajstić information content (AvgIpc) is 3.19. The van der Waals surface area contributed by atoms with Gasteiger partial charge in [0.2, 0.25) is 0 Å². The number of nitrogens with one attached hydrogen (secondary N) is 1. The number of aliphatic hydroxyl groups is 1. The van der Waals surface area contributed by atoms with Crippen molar-refractivity contribution in [3.05, 3.63) is 40.0 Å². The van der Waals surface area contributed by atoms with Crippen molar-refractivity contribution in [3.63, 3.8) is 0 Å². The van der Waals surface area contributed by atoms with Crippen LogP contribution in [0.25, 0.3) is 0 Å². The molecule has 1 aliphatic carbocycles. The first kappa shape index (κ1) is 20.6. The summed E-state index contributed by atoms with van der Waals surface area (Å²) in [4.78, 5) is 27.1. The predicted octanol–water partition coefficient (Wildman–Crippen LogP) is 1.80. The van der Waals surface area contributed by atoms with Crippen molar-refractivity contribution in [2.75, 3.05) is 18.0 Å². The van der Waals surface area contributed by atoms with Gasteiger partial charge in [0, 0.05) is 25.2 Å². The Kier molecular flexibility index (Phi) is 6.17. The second kappa shape index (κ2) is 8.99. The lowest BCUT2D eigenvalue weighted by molar-refractivity contribution is 0.0669. The smallest absolute Gasteiger partial charge is 0.267 e. The molecule has 0 aromatic carbocycles. The molecule has 4 rings (SSSR count). The first-order valence-corrected chi connectivity index (χ1v) is 10.8. The first-order chi connectivity index (χ1) is 14.5. The summed E-state index contributed by atoms with van der Waals surface area (Å²) < 4.78 is 6.44. The number of aliphatic hydroxyl groups excluding tert-OH is 1. The van der Waals surface area contributed by atoms with E-state index in [1.165, 1.54) is 16.9 Å². The van der Waals surface area contributed by atoms with E-state index in [1.807, 2.05) is 0 Å². The number of amides is 1. The van der Waals surface area contributed by atoms with Gasteiger partial charge in [-0.25, -0.2) is 4.68 Å². The van der Waals surface area contributed by atoms with Gasteiger partial charge in [-0.2, -0.15) is 5.10 Å². The molecule has 2 aromatic heterocycles. The lowest BCUT2D eigenvalue weighted by Crippen LogP contribution is -2.48. The summed E-state index contributed by atoms with van der Waals surface area (Å²) in [5, 5.41) is 21.7. The second-order valence-electron chi connectivity index (χ2n) is 8.24. The lowest BCUT2D eigenvalue weighted by atomic mass is 9.93. The van der Waals surface area contributed by atoms with Crippen LogP contribution in [0.2, 0.25) is 0 Å². The zero-order valence-electron chi connectivity index (χ0n) is 17.3. The Bertz CT molecular complexity index is 939. The van der Waals surface area contributed by atoms with Crippen LogP contribution in [0.5, 0.6) is 0 Å². The standard InChI is InChI=1S/C21H29N5O4/c1-14-16(13-23-30-14)21(29)22-12-15-6-4-5-11-25(15)19-9-10-20(28)26(24-19)17-7-2-3-8-18(17)27/h9-10,13,15,17-18,27H,2-8,11-12H2,1H3,(H,22,29). The van der Waals surface area contributed by atoms with E-state index in [4.69, 9.17) is 4.52 Å². The van der Waals surface area contributed by atoms with E-state index in [0.29, 0.717) is 30.1 Å². The average molecular weight is 415 g/mol. The molecule has 162 valence electrons. The fourth-order valence-electron chi connectivity index (χ4n) is 4.52. The highest BCUT2D eigenvalue weighted by Crippen LogP contribution is 2.28. The lowest BCUT2D eigenvalue weighted by Gasteiger charge is -2.37. The first-order valence-electron chi connectivity index (χ1n) is 10.8. The zero-order valence-corrected chi connectivity index (χ0v) is 17.3. The Morgan fingerprint density at radius 3 is 2.80 bits per heavy atom. The molecule has 0 spiro atoms. The molecule has 1 saturated carbocycles. The van der Waals surface area contributed by atoms with Gasteiger partial charge >= 0.3 is 0 Å². The molecule has 3 unspecified atom stereocenters. The van der Waals surface area contributed by atoms with E-state index in [2.05, 4.69) is 20.5 Å². The molecule has 1 saturated heterocycles. The van der Waals surface area contributed by atoms with Crippen molar-refractivity contribution < 1.29 is 14.4 Å². The number of piperidine rings is 1. The molecular weight excluding hydrogens is 386 g/mol. The molecule has 9 heteroatoms. The topological polar surface area (TPSA) is 113 Å². The van der Waals surface area contributed by atoms with Gasteiger partial charge in [-0.05, 0) is 45.1 Å². The molecule has 2 fully saturated rings. The van der Waals surface area contributed by atoms with Crippen LogP contribution in [-0.2, 0) is 0 Å². The number of rotatable bonds is 5. The van der Waals surface area contributed by atoms with Crippen LogP contribution in [0.4, 0.5) is 5.82 Å². The van der Waals surface area contributed by atoms with Gasteiger partial charge in [-0.15, -0.1) is 0 Å². The number of hydrogen-bond donors (Lipinski definition) is 2. The molecular formula is C21H29N5O4. The number of aryl methyl sites for hydroxylation is 1. The van der Waals surface area contributed by atoms with E-state index < -0.39 is 6.10 Å². The van der Waals surface area contributed by atoms with Crippen LogP contribution in [0.3, 0.4) is 0 Å². The molecule has 3 atom stereocenters. The fourth-order valence-corrected chi connectivity index (χ4v) is 4.52. The van der Waals surface area contributed by atoms with Gasteiger partial charge in [0.15, 0.2) is 0 Å². The SMILES string of the molecule is Cc1oncc1C(=O)NCC1CCCCN1c1ccc(=O)n(C2CCCCC2O)n1. The summed E-state index contributed by atoms with van der Waals surface area (Å²) in [6, 6.07) is 3.09. The summed E-state index contributed by atoms with van der Waals surface area (Å²) in [5.74, 6) is 1.00. The molecule has 0 bridgehead atoms. The van der Waals surface area contributed by atoms with Crippen molar-refractivity contribution >= 4 is 11.7 Å². The summed E-state index contributed by atoms with van der Waals surface area (Å²) in [6.45, 7) is 2.99. The molecule has 9 nitrogen and oxygen atoms in total. The zero-order chi connectivity index (χ0) is 21.1. The maximum atomic E-state index is 12.5. The summed E-state index contributed by atoms with van der Waals surface area (Å²) in [5.41, 5.74) is 0.254. The van der Waals surface area contributed by atoms with E-state index in [-0.39, 0.29) is 23.6 Å². The Balaban J connectivity index is 1.51. The van der Waals surface area contributed by atoms with Gasteiger partial charge in [0.1, 0.15) is 17.1 Å². The third-order valence-electron chi connectivity index (χ3n) is 6.23. The predicted molar refractivity (Wildman–Crippen MR) is 111 cm³/mol. The Morgan fingerprint density at radius 1 is 1.23 bits per heavy atom. The van der Waals surface area contributed by atoms with Crippen molar-refractivity contribution in [1.29, 1.82) is 0 Å². The van der Waals surface area contributed by atoms with Gasteiger partial charge in [-0.1, -0.05) is 18.0 Å². The third-order valence-corrected chi connectivity index (χ3v) is 6.23.